The molecule has 2 aromatic rings. The van der Waals surface area contributed by atoms with Gasteiger partial charge in [0, 0.05) is 24.3 Å². The first-order chi connectivity index (χ1) is 14.0. The van der Waals surface area contributed by atoms with Crippen molar-refractivity contribution in [1.29, 1.82) is 0 Å². The Morgan fingerprint density at radius 2 is 1.83 bits per heavy atom. The third kappa shape index (κ3) is 4.95. The molecule has 154 valence electrons. The number of ether oxygens (including phenoxy) is 2. The highest BCUT2D eigenvalue weighted by molar-refractivity contribution is 7.89. The third-order valence-electron chi connectivity index (χ3n) is 5.00. The van der Waals surface area contributed by atoms with Gasteiger partial charge < -0.3 is 14.8 Å². The summed E-state index contributed by atoms with van der Waals surface area (Å²) in [4.78, 5) is 12.7. The van der Waals surface area contributed by atoms with E-state index in [0.717, 1.165) is 12.4 Å². The summed E-state index contributed by atoms with van der Waals surface area (Å²) < 4.78 is 37.9. The van der Waals surface area contributed by atoms with Crippen molar-refractivity contribution in [3.8, 4) is 5.75 Å². The van der Waals surface area contributed by atoms with E-state index >= 15 is 0 Å². The van der Waals surface area contributed by atoms with E-state index in [2.05, 4.69) is 5.32 Å². The predicted octanol–water partition coefficient (Wildman–Crippen LogP) is 2.75. The summed E-state index contributed by atoms with van der Waals surface area (Å²) in [5.74, 6) is 1.10. The molecule has 7 nitrogen and oxygen atoms in total. The molecule has 2 aliphatic rings. The number of hydrogen-bond donors (Lipinski definition) is 1. The molecule has 0 radical (unpaired) electrons. The molecule has 8 heteroatoms. The van der Waals surface area contributed by atoms with Crippen molar-refractivity contribution in [3.05, 3.63) is 54.1 Å². The lowest BCUT2D eigenvalue weighted by Crippen LogP contribution is -2.40. The van der Waals surface area contributed by atoms with Gasteiger partial charge in [0.15, 0.2) is 0 Å². The van der Waals surface area contributed by atoms with Crippen molar-refractivity contribution in [2.75, 3.05) is 38.2 Å². The molecule has 0 unspecified atom stereocenters. The van der Waals surface area contributed by atoms with E-state index < -0.39 is 10.0 Å². The number of hydrogen-bond acceptors (Lipinski definition) is 5. The van der Waals surface area contributed by atoms with Gasteiger partial charge in [0.05, 0.1) is 24.7 Å². The molecule has 1 N–H and O–H groups in total. The van der Waals surface area contributed by atoms with Crippen LogP contribution >= 0.6 is 0 Å². The van der Waals surface area contributed by atoms with E-state index in [0.29, 0.717) is 43.5 Å². The quantitative estimate of drug-likeness (QED) is 0.750. The van der Waals surface area contributed by atoms with Crippen LogP contribution in [0, 0.1) is 5.92 Å². The Hall–Kier alpha value is -2.42. The van der Waals surface area contributed by atoms with Crippen molar-refractivity contribution >= 4 is 21.6 Å². The summed E-state index contributed by atoms with van der Waals surface area (Å²) in [7, 11) is -3.61. The van der Waals surface area contributed by atoms with Gasteiger partial charge in [-0.05, 0) is 61.2 Å². The van der Waals surface area contributed by atoms with Gasteiger partial charge >= 0.3 is 0 Å². The molecule has 2 fully saturated rings. The minimum absolute atomic E-state index is 0.154. The maximum absolute atomic E-state index is 12.8. The number of benzene rings is 2. The van der Waals surface area contributed by atoms with Gasteiger partial charge in [-0.1, -0.05) is 6.07 Å². The standard InChI is InChI=1S/C21H24N2O5S/c24-21(17-6-8-19(9-7-17)28-15-16-4-5-16)22-18-2-1-3-20(14-18)29(25,26)23-10-12-27-13-11-23/h1-3,6-9,14,16H,4-5,10-13,15H2,(H,22,24). The normalized spacial score (nSPS) is 17.7. The van der Waals surface area contributed by atoms with Crippen LogP contribution in [0.3, 0.4) is 0 Å². The third-order valence-corrected chi connectivity index (χ3v) is 6.89. The van der Waals surface area contributed by atoms with E-state index in [4.69, 9.17) is 9.47 Å². The molecule has 29 heavy (non-hydrogen) atoms. The first kappa shape index (κ1) is 19.9. The SMILES string of the molecule is O=C(Nc1cccc(S(=O)(=O)N2CCOCC2)c1)c1ccc(OCC2CC2)cc1. The minimum Gasteiger partial charge on any atom is -0.493 e. The van der Waals surface area contributed by atoms with Gasteiger partial charge in [-0.15, -0.1) is 0 Å². The molecule has 0 bridgehead atoms. The minimum atomic E-state index is -3.61. The highest BCUT2D eigenvalue weighted by Crippen LogP contribution is 2.29. The predicted molar refractivity (Wildman–Crippen MR) is 109 cm³/mol. The second-order valence-electron chi connectivity index (χ2n) is 7.28. The highest BCUT2D eigenvalue weighted by atomic mass is 32.2. The fraction of sp³-hybridized carbons (Fsp3) is 0.381. The Morgan fingerprint density at radius 1 is 1.10 bits per heavy atom. The van der Waals surface area contributed by atoms with Gasteiger partial charge in [0.25, 0.3) is 5.91 Å². The van der Waals surface area contributed by atoms with Crippen molar-refractivity contribution in [2.24, 2.45) is 5.92 Å². The number of nitrogens with zero attached hydrogens (tertiary/aromatic N) is 1. The Bertz CT molecular complexity index is 965. The van der Waals surface area contributed by atoms with Crippen molar-refractivity contribution in [1.82, 2.24) is 4.31 Å². The fourth-order valence-corrected chi connectivity index (χ4v) is 4.53. The Morgan fingerprint density at radius 3 is 2.52 bits per heavy atom. The topological polar surface area (TPSA) is 84.9 Å². The van der Waals surface area contributed by atoms with E-state index in [1.165, 1.54) is 29.3 Å². The van der Waals surface area contributed by atoms with Gasteiger partial charge in [-0.2, -0.15) is 4.31 Å². The molecule has 4 rings (SSSR count). The summed E-state index contributed by atoms with van der Waals surface area (Å²) in [5, 5.41) is 2.77. The van der Waals surface area contributed by atoms with E-state index in [-0.39, 0.29) is 10.8 Å². The van der Waals surface area contributed by atoms with Crippen LogP contribution in [0.1, 0.15) is 23.2 Å². The lowest BCUT2D eigenvalue weighted by atomic mass is 10.2. The van der Waals surface area contributed by atoms with Crippen LogP contribution < -0.4 is 10.1 Å². The second-order valence-corrected chi connectivity index (χ2v) is 9.22. The first-order valence-electron chi connectivity index (χ1n) is 9.74. The van der Waals surface area contributed by atoms with Crippen molar-refractivity contribution < 1.29 is 22.7 Å². The zero-order valence-corrected chi connectivity index (χ0v) is 16.9. The number of amides is 1. The van der Waals surface area contributed by atoms with Crippen molar-refractivity contribution in [2.45, 2.75) is 17.7 Å². The average Bonchev–Trinajstić information content (AvgIpc) is 3.58. The largest absolute Gasteiger partial charge is 0.493 e. The van der Waals surface area contributed by atoms with Crippen LogP contribution in [0.25, 0.3) is 0 Å². The summed E-state index contributed by atoms with van der Waals surface area (Å²) in [6.07, 6.45) is 2.45. The summed E-state index contributed by atoms with van der Waals surface area (Å²) >= 11 is 0. The van der Waals surface area contributed by atoms with E-state index in [1.54, 1.807) is 36.4 Å². The molecule has 1 saturated heterocycles. The van der Waals surface area contributed by atoms with Crippen LogP contribution in [-0.2, 0) is 14.8 Å². The molecular formula is C21H24N2O5S. The number of nitrogens with one attached hydrogen (secondary N) is 1. The molecule has 1 heterocycles. The summed E-state index contributed by atoms with van der Waals surface area (Å²) in [6.45, 7) is 2.14. The monoisotopic (exact) mass is 416 g/mol. The number of anilines is 1. The Kier molecular flexibility index (Phi) is 5.84. The molecule has 1 aliphatic heterocycles. The van der Waals surface area contributed by atoms with E-state index in [1.807, 2.05) is 0 Å². The maximum atomic E-state index is 12.8. The van der Waals surface area contributed by atoms with Crippen LogP contribution in [0.4, 0.5) is 5.69 Å². The van der Waals surface area contributed by atoms with Crippen LogP contribution in [0.5, 0.6) is 5.75 Å². The van der Waals surface area contributed by atoms with Crippen LogP contribution in [-0.4, -0.2) is 51.5 Å². The number of morpholine rings is 1. The highest BCUT2D eigenvalue weighted by Gasteiger charge is 2.26. The average molecular weight is 416 g/mol. The van der Waals surface area contributed by atoms with Gasteiger partial charge in [0.2, 0.25) is 10.0 Å². The van der Waals surface area contributed by atoms with Crippen molar-refractivity contribution in [3.63, 3.8) is 0 Å². The van der Waals surface area contributed by atoms with Crippen LogP contribution in [0.2, 0.25) is 0 Å². The molecular weight excluding hydrogens is 392 g/mol. The zero-order chi connectivity index (χ0) is 20.3. The van der Waals surface area contributed by atoms with Gasteiger partial charge in [0.1, 0.15) is 5.75 Å². The number of rotatable bonds is 7. The molecule has 1 amide bonds. The second kappa shape index (κ2) is 8.52. The molecule has 2 aromatic carbocycles. The lowest BCUT2D eigenvalue weighted by Gasteiger charge is -2.26. The zero-order valence-electron chi connectivity index (χ0n) is 16.0. The number of sulfonamides is 1. The Labute approximate surface area is 170 Å². The number of carbonyl (C=O) groups excluding carboxylic acids is 1. The lowest BCUT2D eigenvalue weighted by molar-refractivity contribution is 0.0730. The fourth-order valence-electron chi connectivity index (χ4n) is 3.07. The Balaban J connectivity index is 1.42. The molecule has 0 spiro atoms. The first-order valence-corrected chi connectivity index (χ1v) is 11.2. The maximum Gasteiger partial charge on any atom is 0.255 e. The smallest absolute Gasteiger partial charge is 0.255 e. The summed E-state index contributed by atoms with van der Waals surface area (Å²) in [6, 6.07) is 13.3. The van der Waals surface area contributed by atoms with Gasteiger partial charge in [-0.25, -0.2) is 8.42 Å². The number of carbonyl (C=O) groups is 1. The van der Waals surface area contributed by atoms with Crippen LogP contribution in [0.15, 0.2) is 53.4 Å². The molecule has 1 aliphatic carbocycles. The van der Waals surface area contributed by atoms with Gasteiger partial charge in [-0.3, -0.25) is 4.79 Å². The molecule has 0 aromatic heterocycles. The summed E-state index contributed by atoms with van der Waals surface area (Å²) in [5.41, 5.74) is 0.906. The molecule has 0 atom stereocenters. The van der Waals surface area contributed by atoms with E-state index in [9.17, 15) is 13.2 Å². The molecule has 1 saturated carbocycles.